The normalized spacial score (nSPS) is 15.5. The first-order valence-corrected chi connectivity index (χ1v) is 13.5. The van der Waals surface area contributed by atoms with Crippen LogP contribution in [0.1, 0.15) is 19.0 Å². The van der Waals surface area contributed by atoms with E-state index in [9.17, 15) is 0 Å². The summed E-state index contributed by atoms with van der Waals surface area (Å²) in [7, 11) is 0. The van der Waals surface area contributed by atoms with Crippen LogP contribution in [0.25, 0.3) is 66.3 Å². The first-order chi connectivity index (χ1) is 19.2. The maximum atomic E-state index is 6.07. The SMILES string of the molecule is CC1CC=CC=C1c1cccc(-n2c3ccccc3c3cc(-c4ccc5oc6ccccc6c5c4)ccc32)n1. The Morgan fingerprint density at radius 3 is 2.33 bits per heavy atom. The van der Waals surface area contributed by atoms with Crippen LogP contribution >= 0.6 is 0 Å². The largest absolute Gasteiger partial charge is 0.456 e. The molecule has 4 aromatic carbocycles. The summed E-state index contributed by atoms with van der Waals surface area (Å²) in [5.41, 5.74) is 8.87. The first-order valence-electron chi connectivity index (χ1n) is 13.5. The van der Waals surface area contributed by atoms with Crippen LogP contribution < -0.4 is 0 Å². The molecule has 1 unspecified atom stereocenters. The van der Waals surface area contributed by atoms with Gasteiger partial charge >= 0.3 is 0 Å². The maximum Gasteiger partial charge on any atom is 0.138 e. The molecule has 0 spiro atoms. The number of pyridine rings is 1. The van der Waals surface area contributed by atoms with Gasteiger partial charge in [0.1, 0.15) is 17.0 Å². The van der Waals surface area contributed by atoms with E-state index in [1.165, 1.54) is 27.5 Å². The van der Waals surface area contributed by atoms with E-state index in [-0.39, 0.29) is 0 Å². The standard InChI is InChI=1S/C36H26N2O/c1-23-9-2-3-10-26(23)31-13-8-16-36(37-31)38-32-14-6-4-11-27(32)29-21-24(17-19-33(29)38)25-18-20-35-30(22-25)28-12-5-7-15-34(28)39-35/h2-8,10-23H,9H2,1H3. The molecule has 0 saturated carbocycles. The Bertz CT molecular complexity index is 2120. The van der Waals surface area contributed by atoms with Crippen molar-refractivity contribution in [3.05, 3.63) is 127 Å². The van der Waals surface area contributed by atoms with Crippen molar-refractivity contribution in [2.45, 2.75) is 13.3 Å². The fraction of sp³-hybridized carbons (Fsp3) is 0.0833. The monoisotopic (exact) mass is 502 g/mol. The van der Waals surface area contributed by atoms with Crippen molar-refractivity contribution in [1.82, 2.24) is 9.55 Å². The van der Waals surface area contributed by atoms with Gasteiger partial charge < -0.3 is 4.42 Å². The molecule has 0 amide bonds. The minimum Gasteiger partial charge on any atom is -0.456 e. The lowest BCUT2D eigenvalue weighted by Crippen LogP contribution is -2.05. The van der Waals surface area contributed by atoms with Gasteiger partial charge in [0.2, 0.25) is 0 Å². The van der Waals surface area contributed by atoms with Crippen LogP contribution in [-0.4, -0.2) is 9.55 Å². The lowest BCUT2D eigenvalue weighted by molar-refractivity contribution is 0.669. The molecule has 0 radical (unpaired) electrons. The van der Waals surface area contributed by atoms with Crippen LogP contribution in [0.3, 0.4) is 0 Å². The lowest BCUT2D eigenvalue weighted by Gasteiger charge is -2.17. The molecule has 3 aromatic heterocycles. The number of para-hydroxylation sites is 2. The Balaban J connectivity index is 1.31. The van der Waals surface area contributed by atoms with Gasteiger partial charge in [-0.25, -0.2) is 4.98 Å². The zero-order valence-electron chi connectivity index (χ0n) is 21.6. The molecule has 8 rings (SSSR count). The summed E-state index contributed by atoms with van der Waals surface area (Å²) in [5.74, 6) is 1.41. The van der Waals surface area contributed by atoms with Crippen LogP contribution in [0.2, 0.25) is 0 Å². The van der Waals surface area contributed by atoms with Gasteiger partial charge in [0.15, 0.2) is 0 Å². The second kappa shape index (κ2) is 8.57. The number of allylic oxidation sites excluding steroid dienone is 4. The molecule has 186 valence electrons. The molecule has 0 N–H and O–H groups in total. The number of fused-ring (bicyclic) bond motifs is 6. The van der Waals surface area contributed by atoms with Gasteiger partial charge in [0.05, 0.1) is 16.7 Å². The summed E-state index contributed by atoms with van der Waals surface area (Å²) in [6.45, 7) is 2.27. The number of nitrogens with zero attached hydrogens (tertiary/aromatic N) is 2. The van der Waals surface area contributed by atoms with E-state index in [0.29, 0.717) is 5.92 Å². The predicted molar refractivity (Wildman–Crippen MR) is 162 cm³/mol. The quantitative estimate of drug-likeness (QED) is 0.241. The average Bonchev–Trinajstić information content (AvgIpc) is 3.52. The summed E-state index contributed by atoms with van der Waals surface area (Å²) >= 11 is 0. The number of aromatic nitrogens is 2. The third-order valence-corrected chi connectivity index (χ3v) is 8.07. The van der Waals surface area contributed by atoms with Crippen LogP contribution in [0.4, 0.5) is 0 Å². The van der Waals surface area contributed by atoms with Gasteiger partial charge in [-0.05, 0) is 77.6 Å². The van der Waals surface area contributed by atoms with Crippen LogP contribution in [0.5, 0.6) is 0 Å². The molecule has 39 heavy (non-hydrogen) atoms. The zero-order valence-corrected chi connectivity index (χ0v) is 21.6. The molecule has 3 nitrogen and oxygen atoms in total. The van der Waals surface area contributed by atoms with E-state index in [4.69, 9.17) is 9.40 Å². The molecule has 0 saturated heterocycles. The Morgan fingerprint density at radius 1 is 0.692 bits per heavy atom. The fourth-order valence-corrected chi connectivity index (χ4v) is 6.10. The van der Waals surface area contributed by atoms with E-state index in [1.807, 2.05) is 12.1 Å². The highest BCUT2D eigenvalue weighted by atomic mass is 16.3. The van der Waals surface area contributed by atoms with Crippen molar-refractivity contribution in [1.29, 1.82) is 0 Å². The second-order valence-corrected chi connectivity index (χ2v) is 10.5. The molecular formula is C36H26N2O. The number of benzene rings is 4. The number of hydrogen-bond acceptors (Lipinski definition) is 2. The molecule has 3 heterocycles. The zero-order chi connectivity index (χ0) is 25.9. The Hall–Kier alpha value is -4.89. The van der Waals surface area contributed by atoms with E-state index >= 15 is 0 Å². The lowest BCUT2D eigenvalue weighted by atomic mass is 9.91. The molecule has 7 aromatic rings. The highest BCUT2D eigenvalue weighted by Gasteiger charge is 2.17. The van der Waals surface area contributed by atoms with Crippen molar-refractivity contribution in [2.75, 3.05) is 0 Å². The predicted octanol–water partition coefficient (Wildman–Crippen LogP) is 9.72. The Morgan fingerprint density at radius 2 is 1.44 bits per heavy atom. The molecule has 1 aliphatic carbocycles. The molecule has 0 aliphatic heterocycles. The van der Waals surface area contributed by atoms with Gasteiger partial charge in [0.25, 0.3) is 0 Å². The van der Waals surface area contributed by atoms with E-state index in [1.54, 1.807) is 0 Å². The van der Waals surface area contributed by atoms with Gasteiger partial charge in [-0.2, -0.15) is 0 Å². The van der Waals surface area contributed by atoms with Crippen LogP contribution in [0.15, 0.2) is 126 Å². The van der Waals surface area contributed by atoms with Crippen molar-refractivity contribution >= 4 is 49.3 Å². The second-order valence-electron chi connectivity index (χ2n) is 10.5. The summed E-state index contributed by atoms with van der Waals surface area (Å²) in [4.78, 5) is 5.18. The van der Waals surface area contributed by atoms with Gasteiger partial charge in [-0.1, -0.05) is 79.7 Å². The Labute approximate surface area is 226 Å². The van der Waals surface area contributed by atoms with Crippen molar-refractivity contribution in [3.8, 4) is 16.9 Å². The van der Waals surface area contributed by atoms with E-state index in [0.717, 1.165) is 50.9 Å². The molecule has 1 atom stereocenters. The fourth-order valence-electron chi connectivity index (χ4n) is 6.10. The van der Waals surface area contributed by atoms with Crippen LogP contribution in [-0.2, 0) is 0 Å². The summed E-state index contributed by atoms with van der Waals surface area (Å²) < 4.78 is 8.37. The molecule has 3 heteroatoms. The van der Waals surface area contributed by atoms with E-state index in [2.05, 4.69) is 121 Å². The molecule has 0 fully saturated rings. The molecule has 1 aliphatic rings. The Kier molecular flexibility index (Phi) is 4.86. The smallest absolute Gasteiger partial charge is 0.138 e. The topological polar surface area (TPSA) is 31.0 Å². The minimum atomic E-state index is 0.461. The number of rotatable bonds is 3. The van der Waals surface area contributed by atoms with Crippen molar-refractivity contribution < 1.29 is 4.42 Å². The average molecular weight is 503 g/mol. The first kappa shape index (κ1) is 22.1. The third-order valence-electron chi connectivity index (χ3n) is 8.07. The molecule has 0 bridgehead atoms. The van der Waals surface area contributed by atoms with E-state index < -0.39 is 0 Å². The summed E-state index contributed by atoms with van der Waals surface area (Å²) in [6, 6.07) is 36.5. The van der Waals surface area contributed by atoms with Gasteiger partial charge in [-0.15, -0.1) is 0 Å². The van der Waals surface area contributed by atoms with Crippen molar-refractivity contribution in [2.24, 2.45) is 5.92 Å². The third kappa shape index (κ3) is 3.47. The van der Waals surface area contributed by atoms with Gasteiger partial charge in [-0.3, -0.25) is 4.57 Å². The highest BCUT2D eigenvalue weighted by molar-refractivity contribution is 6.11. The van der Waals surface area contributed by atoms with Crippen LogP contribution in [0, 0.1) is 5.92 Å². The van der Waals surface area contributed by atoms with Gasteiger partial charge in [0, 0.05) is 21.5 Å². The van der Waals surface area contributed by atoms with Crippen molar-refractivity contribution in [3.63, 3.8) is 0 Å². The minimum absolute atomic E-state index is 0.461. The summed E-state index contributed by atoms with van der Waals surface area (Å²) in [6.07, 6.45) is 7.64. The summed E-state index contributed by atoms with van der Waals surface area (Å²) in [5, 5.41) is 4.74. The number of hydrogen-bond donors (Lipinski definition) is 0. The number of furan rings is 1. The molecular weight excluding hydrogens is 476 g/mol. The maximum absolute atomic E-state index is 6.07. The highest BCUT2D eigenvalue weighted by Crippen LogP contribution is 2.37.